The molecule has 1 heterocycles. The van der Waals surface area contributed by atoms with E-state index in [1.165, 1.54) is 11.1 Å². The molecule has 0 unspecified atom stereocenters. The highest BCUT2D eigenvalue weighted by Gasteiger charge is 2.62. The Bertz CT molecular complexity index is 556. The molecule has 1 aliphatic heterocycles. The third kappa shape index (κ3) is 4.35. The maximum Gasteiger partial charge on any atom is 0.192 e. The summed E-state index contributed by atoms with van der Waals surface area (Å²) < 4.78 is 19.0. The molecule has 0 aromatic heterocycles. The van der Waals surface area contributed by atoms with Crippen molar-refractivity contribution < 1.29 is 13.9 Å². The van der Waals surface area contributed by atoms with Gasteiger partial charge in [0.2, 0.25) is 0 Å². The average Bonchev–Trinajstić information content (AvgIpc) is 3.16. The second-order valence-corrected chi connectivity index (χ2v) is 14.9. The van der Waals surface area contributed by atoms with Gasteiger partial charge in [-0.3, -0.25) is 0 Å². The molecular weight excluding hydrogens is 340 g/mol. The predicted octanol–water partition coefficient (Wildman–Crippen LogP) is 5.87. The Morgan fingerprint density at radius 3 is 2.46 bits per heavy atom. The molecule has 0 bridgehead atoms. The van der Waals surface area contributed by atoms with Crippen LogP contribution in [0.25, 0.3) is 0 Å². The van der Waals surface area contributed by atoms with Crippen molar-refractivity contribution in [3.8, 4) is 0 Å². The van der Waals surface area contributed by atoms with E-state index in [1.54, 1.807) is 0 Å². The van der Waals surface area contributed by atoms with E-state index >= 15 is 0 Å². The molecule has 2 fully saturated rings. The average molecular weight is 381 g/mol. The van der Waals surface area contributed by atoms with Gasteiger partial charge < -0.3 is 13.9 Å². The number of hydrogen-bond donors (Lipinski definition) is 0. The van der Waals surface area contributed by atoms with Gasteiger partial charge in [-0.05, 0) is 58.2 Å². The lowest BCUT2D eigenvalue weighted by Crippen LogP contribution is -2.53. The first-order chi connectivity index (χ1) is 11.8. The topological polar surface area (TPSA) is 31.0 Å². The molecule has 26 heavy (non-hydrogen) atoms. The van der Waals surface area contributed by atoms with E-state index in [0.29, 0.717) is 0 Å². The molecule has 0 aromatic carbocycles. The number of allylic oxidation sites excluding steroid dienone is 1. The number of hydrogen-bond acceptors (Lipinski definition) is 3. The van der Waals surface area contributed by atoms with E-state index < -0.39 is 8.32 Å². The molecule has 0 spiro atoms. The van der Waals surface area contributed by atoms with Crippen molar-refractivity contribution in [1.29, 1.82) is 0 Å². The van der Waals surface area contributed by atoms with Crippen LogP contribution in [0.4, 0.5) is 0 Å². The Labute approximate surface area is 162 Å². The summed E-state index contributed by atoms with van der Waals surface area (Å²) in [6, 6.07) is 0. The van der Waals surface area contributed by atoms with Gasteiger partial charge in [0.15, 0.2) is 8.32 Å². The van der Waals surface area contributed by atoms with Gasteiger partial charge in [0.25, 0.3) is 0 Å². The molecule has 4 heteroatoms. The summed E-state index contributed by atoms with van der Waals surface area (Å²) in [5, 5.41) is 0.196. The Morgan fingerprint density at radius 2 is 1.96 bits per heavy atom. The summed E-state index contributed by atoms with van der Waals surface area (Å²) in [6.07, 6.45) is 5.63. The zero-order valence-electron chi connectivity index (χ0n) is 18.4. The molecule has 1 saturated carbocycles. The number of epoxide rings is 1. The largest absolute Gasteiger partial charge is 0.411 e. The van der Waals surface area contributed by atoms with Crippen LogP contribution in [0.5, 0.6) is 0 Å². The van der Waals surface area contributed by atoms with E-state index in [2.05, 4.69) is 67.3 Å². The number of ether oxygens (including phenoxy) is 2. The molecule has 0 radical (unpaired) electrons. The minimum atomic E-state index is -1.85. The standard InChI is InChI=1S/C22H40O3Si/c1-15(2)11-14-18-22(7,24-18)19-16(3)12-13-17(20(19)23-8)25-26(9,10)21(4,5)6/h11,17-20H,3,12-14H2,1-2,4-10H3/t17-,18-,19-,20-,22+/m1/s1. The van der Waals surface area contributed by atoms with Gasteiger partial charge >= 0.3 is 0 Å². The molecule has 0 aromatic rings. The van der Waals surface area contributed by atoms with Gasteiger partial charge in [-0.1, -0.05) is 44.6 Å². The molecule has 150 valence electrons. The molecule has 0 amide bonds. The smallest absolute Gasteiger partial charge is 0.192 e. The first-order valence-electron chi connectivity index (χ1n) is 10.0. The highest BCUT2D eigenvalue weighted by molar-refractivity contribution is 6.74. The van der Waals surface area contributed by atoms with E-state index in [1.807, 2.05) is 7.11 Å². The summed E-state index contributed by atoms with van der Waals surface area (Å²) in [5.74, 6) is 0.201. The van der Waals surface area contributed by atoms with Gasteiger partial charge in [0.05, 0.1) is 18.3 Å². The van der Waals surface area contributed by atoms with E-state index in [9.17, 15) is 0 Å². The number of rotatable bonds is 6. The summed E-state index contributed by atoms with van der Waals surface area (Å²) in [6.45, 7) is 22.4. The van der Waals surface area contributed by atoms with Crippen LogP contribution >= 0.6 is 0 Å². The van der Waals surface area contributed by atoms with Crippen LogP contribution in [0, 0.1) is 5.92 Å². The van der Waals surface area contributed by atoms with Gasteiger partial charge in [-0.25, -0.2) is 0 Å². The summed E-state index contributed by atoms with van der Waals surface area (Å²) in [5.41, 5.74) is 2.42. The quantitative estimate of drug-likeness (QED) is 0.328. The van der Waals surface area contributed by atoms with E-state index in [0.717, 1.165) is 19.3 Å². The van der Waals surface area contributed by atoms with Crippen molar-refractivity contribution >= 4 is 8.32 Å². The lowest BCUT2D eigenvalue weighted by Gasteiger charge is -2.46. The van der Waals surface area contributed by atoms with Crippen molar-refractivity contribution in [2.75, 3.05) is 7.11 Å². The van der Waals surface area contributed by atoms with Crippen LogP contribution in [0.1, 0.15) is 60.8 Å². The third-order valence-corrected chi connectivity index (χ3v) is 11.2. The van der Waals surface area contributed by atoms with Crippen molar-refractivity contribution in [1.82, 2.24) is 0 Å². The van der Waals surface area contributed by atoms with Gasteiger partial charge in [-0.15, -0.1) is 0 Å². The highest BCUT2D eigenvalue weighted by Crippen LogP contribution is 2.53. The Hall–Kier alpha value is -0.423. The summed E-state index contributed by atoms with van der Waals surface area (Å²) in [4.78, 5) is 0. The zero-order chi connectivity index (χ0) is 19.9. The monoisotopic (exact) mass is 380 g/mol. The first kappa shape index (κ1) is 21.9. The fraction of sp³-hybridized carbons (Fsp3) is 0.818. The molecule has 2 aliphatic rings. The van der Waals surface area contributed by atoms with Crippen molar-refractivity contribution in [2.45, 2.75) is 103 Å². The second kappa shape index (κ2) is 7.54. The minimum Gasteiger partial charge on any atom is -0.411 e. The van der Waals surface area contributed by atoms with E-state index in [4.69, 9.17) is 13.9 Å². The fourth-order valence-corrected chi connectivity index (χ4v) is 5.33. The second-order valence-electron chi connectivity index (χ2n) is 10.1. The summed E-state index contributed by atoms with van der Waals surface area (Å²) >= 11 is 0. The lowest BCUT2D eigenvalue weighted by molar-refractivity contribution is -0.0629. The maximum absolute atomic E-state index is 6.79. The molecule has 3 nitrogen and oxygen atoms in total. The molecule has 1 saturated heterocycles. The SMILES string of the molecule is C=C1CC[C@@H](O[Si](C)(C)C(C)(C)C)[C@@H](OC)[C@@H]1[C@@]1(C)O[C@@H]1CC=C(C)C. The van der Waals surface area contributed by atoms with Crippen LogP contribution < -0.4 is 0 Å². The van der Waals surface area contributed by atoms with Gasteiger partial charge in [-0.2, -0.15) is 0 Å². The van der Waals surface area contributed by atoms with Gasteiger partial charge in [0.1, 0.15) is 5.60 Å². The lowest BCUT2D eigenvalue weighted by atomic mass is 9.72. The molecular formula is C22H40O3Si. The minimum absolute atomic E-state index is 0.0204. The third-order valence-electron chi connectivity index (χ3n) is 6.75. The Kier molecular flexibility index (Phi) is 6.34. The highest BCUT2D eigenvalue weighted by atomic mass is 28.4. The molecule has 1 aliphatic carbocycles. The first-order valence-corrected chi connectivity index (χ1v) is 12.9. The number of methoxy groups -OCH3 is 1. The Morgan fingerprint density at radius 1 is 1.35 bits per heavy atom. The fourth-order valence-electron chi connectivity index (χ4n) is 3.97. The van der Waals surface area contributed by atoms with E-state index in [-0.39, 0.29) is 34.9 Å². The van der Waals surface area contributed by atoms with Crippen LogP contribution in [0.15, 0.2) is 23.8 Å². The van der Waals surface area contributed by atoms with Crippen LogP contribution in [-0.4, -0.2) is 39.3 Å². The molecule has 0 N–H and O–H groups in total. The molecule has 5 atom stereocenters. The molecule has 2 rings (SSSR count). The van der Waals surface area contributed by atoms with Crippen molar-refractivity contribution in [3.05, 3.63) is 23.8 Å². The van der Waals surface area contributed by atoms with Crippen LogP contribution in [0.3, 0.4) is 0 Å². The zero-order valence-corrected chi connectivity index (χ0v) is 19.4. The van der Waals surface area contributed by atoms with Crippen molar-refractivity contribution in [3.63, 3.8) is 0 Å². The van der Waals surface area contributed by atoms with Crippen LogP contribution in [0.2, 0.25) is 18.1 Å². The summed E-state index contributed by atoms with van der Waals surface area (Å²) in [7, 11) is -0.0332. The van der Waals surface area contributed by atoms with Gasteiger partial charge in [0, 0.05) is 13.0 Å². The maximum atomic E-state index is 6.79. The van der Waals surface area contributed by atoms with Crippen molar-refractivity contribution in [2.24, 2.45) is 5.92 Å². The normalized spacial score (nSPS) is 35.3. The van der Waals surface area contributed by atoms with Crippen LogP contribution in [-0.2, 0) is 13.9 Å². The Balaban J connectivity index is 2.19. The predicted molar refractivity (Wildman–Crippen MR) is 112 cm³/mol.